The molecule has 0 amide bonds. The predicted octanol–water partition coefficient (Wildman–Crippen LogP) is 3.12. The zero-order valence-corrected chi connectivity index (χ0v) is 8.50. The van der Waals surface area contributed by atoms with Crippen molar-refractivity contribution in [1.29, 1.82) is 0 Å². The second-order valence-electron chi connectivity index (χ2n) is 3.00. The Morgan fingerprint density at radius 1 is 1.38 bits per heavy atom. The summed E-state index contributed by atoms with van der Waals surface area (Å²) in [6, 6.07) is 10.4. The van der Waals surface area contributed by atoms with Crippen molar-refractivity contribution in [2.24, 2.45) is 5.92 Å². The van der Waals surface area contributed by atoms with Crippen LogP contribution in [-0.4, -0.2) is 5.75 Å². The second-order valence-corrected chi connectivity index (χ2v) is 3.37. The third-order valence-electron chi connectivity index (χ3n) is 1.93. The van der Waals surface area contributed by atoms with Crippen LogP contribution < -0.4 is 0 Å². The minimum atomic E-state index is 0.447. The highest BCUT2D eigenvalue weighted by Gasteiger charge is 2.02. The van der Waals surface area contributed by atoms with Gasteiger partial charge in [-0.2, -0.15) is 12.6 Å². The van der Waals surface area contributed by atoms with Gasteiger partial charge in [0.2, 0.25) is 0 Å². The van der Waals surface area contributed by atoms with E-state index in [0.29, 0.717) is 5.92 Å². The molecule has 1 heteroatoms. The van der Waals surface area contributed by atoms with Crippen LogP contribution in [0.1, 0.15) is 5.56 Å². The van der Waals surface area contributed by atoms with Crippen molar-refractivity contribution in [3.05, 3.63) is 54.3 Å². The van der Waals surface area contributed by atoms with Crippen LogP contribution in [0.5, 0.6) is 0 Å². The SMILES string of the molecule is C=C=CC(CS)Cc1ccccc1. The van der Waals surface area contributed by atoms with E-state index in [2.05, 4.69) is 49.2 Å². The lowest BCUT2D eigenvalue weighted by molar-refractivity contribution is 0.739. The fourth-order valence-electron chi connectivity index (χ4n) is 1.26. The zero-order valence-electron chi connectivity index (χ0n) is 7.61. The van der Waals surface area contributed by atoms with E-state index in [0.717, 1.165) is 12.2 Å². The van der Waals surface area contributed by atoms with Crippen LogP contribution in [0.2, 0.25) is 0 Å². The molecule has 1 rings (SSSR count). The summed E-state index contributed by atoms with van der Waals surface area (Å²) in [6.07, 6.45) is 3.01. The van der Waals surface area contributed by atoms with E-state index in [1.807, 2.05) is 12.1 Å². The van der Waals surface area contributed by atoms with Crippen molar-refractivity contribution in [2.45, 2.75) is 6.42 Å². The molecule has 1 unspecified atom stereocenters. The van der Waals surface area contributed by atoms with Crippen LogP contribution in [0.3, 0.4) is 0 Å². The lowest BCUT2D eigenvalue weighted by atomic mass is 10.0. The lowest BCUT2D eigenvalue weighted by Gasteiger charge is -2.07. The van der Waals surface area contributed by atoms with Crippen molar-refractivity contribution >= 4 is 12.6 Å². The Hall–Kier alpha value is -0.910. The van der Waals surface area contributed by atoms with Gasteiger partial charge in [0.05, 0.1) is 0 Å². The molecule has 1 atom stereocenters. The normalized spacial score (nSPS) is 11.8. The monoisotopic (exact) mass is 190 g/mol. The Labute approximate surface area is 85.4 Å². The Morgan fingerprint density at radius 3 is 2.62 bits per heavy atom. The van der Waals surface area contributed by atoms with Crippen molar-refractivity contribution in [3.8, 4) is 0 Å². The van der Waals surface area contributed by atoms with Crippen LogP contribution in [0.4, 0.5) is 0 Å². The molecule has 0 aliphatic rings. The van der Waals surface area contributed by atoms with Gasteiger partial charge in [0, 0.05) is 0 Å². The topological polar surface area (TPSA) is 0 Å². The highest BCUT2D eigenvalue weighted by Crippen LogP contribution is 2.10. The first-order chi connectivity index (χ1) is 6.36. The molecule has 0 spiro atoms. The van der Waals surface area contributed by atoms with Crippen LogP contribution in [0.15, 0.2) is 48.7 Å². The zero-order chi connectivity index (χ0) is 9.52. The fourth-order valence-corrected chi connectivity index (χ4v) is 1.49. The number of allylic oxidation sites excluding steroid dienone is 1. The Kier molecular flexibility index (Phi) is 4.45. The first kappa shape index (κ1) is 10.2. The third kappa shape index (κ3) is 3.54. The predicted molar refractivity (Wildman–Crippen MR) is 61.2 cm³/mol. The van der Waals surface area contributed by atoms with Gasteiger partial charge in [-0.1, -0.05) is 36.9 Å². The summed E-state index contributed by atoms with van der Waals surface area (Å²) >= 11 is 4.28. The first-order valence-corrected chi connectivity index (χ1v) is 5.00. The van der Waals surface area contributed by atoms with Gasteiger partial charge in [0.25, 0.3) is 0 Å². The molecule has 0 bridgehead atoms. The Bertz CT molecular complexity index is 283. The summed E-state index contributed by atoms with van der Waals surface area (Å²) in [4.78, 5) is 0. The Balaban J connectivity index is 2.61. The van der Waals surface area contributed by atoms with E-state index in [4.69, 9.17) is 0 Å². The molecule has 0 saturated carbocycles. The summed E-state index contributed by atoms with van der Waals surface area (Å²) in [5.41, 5.74) is 4.16. The summed E-state index contributed by atoms with van der Waals surface area (Å²) in [7, 11) is 0. The molecule has 0 N–H and O–H groups in total. The average Bonchev–Trinajstić information content (AvgIpc) is 2.19. The minimum absolute atomic E-state index is 0.447. The van der Waals surface area contributed by atoms with Gasteiger partial charge in [-0.15, -0.1) is 5.73 Å². The summed E-state index contributed by atoms with van der Waals surface area (Å²) in [5, 5.41) is 0. The van der Waals surface area contributed by atoms with Crippen LogP contribution in [0.25, 0.3) is 0 Å². The molecular formula is C12H14S. The molecule has 0 aliphatic carbocycles. The number of benzene rings is 1. The van der Waals surface area contributed by atoms with Gasteiger partial charge in [0.15, 0.2) is 0 Å². The standard InChI is InChI=1S/C12H14S/c1-2-6-12(10-13)9-11-7-4-3-5-8-11/h3-8,12-13H,1,9-10H2. The molecule has 0 nitrogen and oxygen atoms in total. The minimum Gasteiger partial charge on any atom is -0.179 e. The van der Waals surface area contributed by atoms with Crippen molar-refractivity contribution < 1.29 is 0 Å². The van der Waals surface area contributed by atoms with Crippen LogP contribution in [-0.2, 0) is 6.42 Å². The largest absolute Gasteiger partial charge is 0.179 e. The van der Waals surface area contributed by atoms with Crippen molar-refractivity contribution in [3.63, 3.8) is 0 Å². The van der Waals surface area contributed by atoms with E-state index in [1.54, 1.807) is 0 Å². The molecule has 0 heterocycles. The van der Waals surface area contributed by atoms with E-state index in [-0.39, 0.29) is 0 Å². The van der Waals surface area contributed by atoms with Crippen molar-refractivity contribution in [2.75, 3.05) is 5.75 Å². The van der Waals surface area contributed by atoms with E-state index >= 15 is 0 Å². The molecule has 13 heavy (non-hydrogen) atoms. The van der Waals surface area contributed by atoms with Crippen molar-refractivity contribution in [1.82, 2.24) is 0 Å². The van der Waals surface area contributed by atoms with Crippen LogP contribution in [0, 0.1) is 5.92 Å². The van der Waals surface area contributed by atoms with Crippen LogP contribution >= 0.6 is 12.6 Å². The quantitative estimate of drug-likeness (QED) is 0.547. The maximum atomic E-state index is 4.28. The van der Waals surface area contributed by atoms with Gasteiger partial charge in [0.1, 0.15) is 0 Å². The lowest BCUT2D eigenvalue weighted by Crippen LogP contribution is -2.02. The maximum absolute atomic E-state index is 4.28. The number of hydrogen-bond acceptors (Lipinski definition) is 1. The maximum Gasteiger partial charge on any atom is -0.00255 e. The molecule has 1 aromatic carbocycles. The molecular weight excluding hydrogens is 176 g/mol. The van der Waals surface area contributed by atoms with Gasteiger partial charge >= 0.3 is 0 Å². The summed E-state index contributed by atoms with van der Waals surface area (Å²) < 4.78 is 0. The summed E-state index contributed by atoms with van der Waals surface area (Å²) in [6.45, 7) is 3.58. The third-order valence-corrected chi connectivity index (χ3v) is 2.40. The van der Waals surface area contributed by atoms with Gasteiger partial charge < -0.3 is 0 Å². The fraction of sp³-hybridized carbons (Fsp3) is 0.250. The number of hydrogen-bond donors (Lipinski definition) is 1. The van der Waals surface area contributed by atoms with E-state index in [1.165, 1.54) is 5.56 Å². The van der Waals surface area contributed by atoms with Gasteiger partial charge in [-0.3, -0.25) is 0 Å². The molecule has 1 aromatic rings. The molecule has 68 valence electrons. The molecule has 0 aromatic heterocycles. The van der Waals surface area contributed by atoms with Gasteiger partial charge in [-0.25, -0.2) is 0 Å². The van der Waals surface area contributed by atoms with E-state index < -0.39 is 0 Å². The molecule has 0 aliphatic heterocycles. The number of rotatable bonds is 4. The van der Waals surface area contributed by atoms with E-state index in [9.17, 15) is 0 Å². The highest BCUT2D eigenvalue weighted by atomic mass is 32.1. The highest BCUT2D eigenvalue weighted by molar-refractivity contribution is 7.80. The second kappa shape index (κ2) is 5.69. The summed E-state index contributed by atoms with van der Waals surface area (Å²) in [5.74, 6) is 1.29. The number of thiol groups is 1. The average molecular weight is 190 g/mol. The van der Waals surface area contributed by atoms with Gasteiger partial charge in [-0.05, 0) is 29.7 Å². The molecule has 0 saturated heterocycles. The molecule has 0 radical (unpaired) electrons. The Morgan fingerprint density at radius 2 is 2.08 bits per heavy atom. The molecule has 0 fully saturated rings. The first-order valence-electron chi connectivity index (χ1n) is 4.37. The smallest absolute Gasteiger partial charge is 0.00255 e.